The molecule has 100 valence electrons. The lowest BCUT2D eigenvalue weighted by molar-refractivity contribution is 0.426. The lowest BCUT2D eigenvalue weighted by Crippen LogP contribution is -1.88. The molecule has 0 saturated heterocycles. The number of benzene rings is 2. The van der Waals surface area contributed by atoms with Gasteiger partial charge in [0.15, 0.2) is 5.76 Å². The molecule has 0 aliphatic heterocycles. The van der Waals surface area contributed by atoms with Gasteiger partial charge in [0, 0.05) is 28.0 Å². The molecule has 2 N–H and O–H groups in total. The first-order valence-electron chi connectivity index (χ1n) is 6.31. The van der Waals surface area contributed by atoms with E-state index in [9.17, 15) is 0 Å². The predicted octanol–water partition coefficient (Wildman–Crippen LogP) is 4.22. The molecule has 3 nitrogen and oxygen atoms in total. The first-order chi connectivity index (χ1) is 9.83. The molecule has 0 fully saturated rings. The average Bonchev–Trinajstić information content (AvgIpc) is 2.96. The number of hydrogen-bond acceptors (Lipinski definition) is 4. The maximum absolute atomic E-state index is 5.92. The Bertz CT molecular complexity index is 694. The van der Waals surface area contributed by atoms with Crippen molar-refractivity contribution in [1.29, 1.82) is 0 Å². The summed E-state index contributed by atoms with van der Waals surface area (Å²) in [6.45, 7) is 0. The maximum atomic E-state index is 5.92. The van der Waals surface area contributed by atoms with E-state index in [4.69, 9.17) is 10.3 Å². The average molecular weight is 282 g/mol. The molecule has 0 spiro atoms. The Morgan fingerprint density at radius 2 is 1.75 bits per heavy atom. The van der Waals surface area contributed by atoms with Crippen molar-refractivity contribution in [2.45, 2.75) is 10.6 Å². The van der Waals surface area contributed by atoms with Gasteiger partial charge in [-0.25, -0.2) is 0 Å². The van der Waals surface area contributed by atoms with E-state index in [1.54, 1.807) is 11.8 Å². The first-order valence-corrected chi connectivity index (χ1v) is 7.30. The minimum atomic E-state index is 0.741. The summed E-state index contributed by atoms with van der Waals surface area (Å²) in [6.07, 6.45) is 0. The van der Waals surface area contributed by atoms with E-state index in [2.05, 4.69) is 5.16 Å². The molecule has 3 aromatic rings. The van der Waals surface area contributed by atoms with Crippen LogP contribution in [-0.4, -0.2) is 5.16 Å². The molecule has 1 aromatic heterocycles. The van der Waals surface area contributed by atoms with Crippen LogP contribution in [0.4, 0.5) is 5.69 Å². The van der Waals surface area contributed by atoms with Crippen LogP contribution in [-0.2, 0) is 5.75 Å². The van der Waals surface area contributed by atoms with Gasteiger partial charge in [0.1, 0.15) is 0 Å². The van der Waals surface area contributed by atoms with Crippen molar-refractivity contribution in [2.75, 3.05) is 5.73 Å². The summed E-state index contributed by atoms with van der Waals surface area (Å²) in [5.74, 6) is 1.53. The molecule has 20 heavy (non-hydrogen) atoms. The van der Waals surface area contributed by atoms with Crippen LogP contribution in [0, 0.1) is 0 Å². The van der Waals surface area contributed by atoms with Gasteiger partial charge in [0.05, 0.1) is 5.69 Å². The van der Waals surface area contributed by atoms with Crippen LogP contribution >= 0.6 is 11.8 Å². The number of hydrogen-bond donors (Lipinski definition) is 1. The minimum absolute atomic E-state index is 0.741. The topological polar surface area (TPSA) is 52.0 Å². The van der Waals surface area contributed by atoms with Gasteiger partial charge in [-0.2, -0.15) is 0 Å². The molecule has 3 rings (SSSR count). The van der Waals surface area contributed by atoms with Gasteiger partial charge in [-0.15, -0.1) is 11.8 Å². The number of nitrogen functional groups attached to an aromatic ring is 1. The lowest BCUT2D eigenvalue weighted by Gasteiger charge is -2.02. The normalized spacial score (nSPS) is 10.6. The quantitative estimate of drug-likeness (QED) is 0.575. The van der Waals surface area contributed by atoms with Gasteiger partial charge in [0.25, 0.3) is 0 Å². The molecular weight excluding hydrogens is 268 g/mol. The Kier molecular flexibility index (Phi) is 3.74. The lowest BCUT2D eigenvalue weighted by atomic mass is 10.2. The fourth-order valence-corrected chi connectivity index (χ4v) is 2.73. The summed E-state index contributed by atoms with van der Waals surface area (Å²) in [6, 6.07) is 19.8. The van der Waals surface area contributed by atoms with Crippen LogP contribution in [0.25, 0.3) is 11.3 Å². The molecule has 0 amide bonds. The van der Waals surface area contributed by atoms with Crippen LogP contribution < -0.4 is 5.73 Å². The summed E-state index contributed by atoms with van der Waals surface area (Å²) in [5.41, 5.74) is 8.66. The van der Waals surface area contributed by atoms with E-state index in [1.807, 2.05) is 60.7 Å². The molecule has 4 heteroatoms. The second kappa shape index (κ2) is 5.84. The number of nitrogens with zero attached hydrogens (tertiary/aromatic N) is 1. The van der Waals surface area contributed by atoms with Gasteiger partial charge >= 0.3 is 0 Å². The molecule has 0 saturated carbocycles. The number of nitrogens with two attached hydrogens (primary N) is 1. The van der Waals surface area contributed by atoms with Gasteiger partial charge in [-0.3, -0.25) is 0 Å². The van der Waals surface area contributed by atoms with Crippen molar-refractivity contribution in [1.82, 2.24) is 5.16 Å². The van der Waals surface area contributed by atoms with Gasteiger partial charge in [0.2, 0.25) is 0 Å². The van der Waals surface area contributed by atoms with E-state index >= 15 is 0 Å². The zero-order valence-corrected chi connectivity index (χ0v) is 11.6. The highest BCUT2D eigenvalue weighted by molar-refractivity contribution is 7.98. The second-order valence-corrected chi connectivity index (χ2v) is 5.39. The van der Waals surface area contributed by atoms with Crippen LogP contribution in [0.3, 0.4) is 0 Å². The van der Waals surface area contributed by atoms with Crippen LogP contribution in [0.5, 0.6) is 0 Å². The molecule has 0 atom stereocenters. The number of thioether (sulfide) groups is 1. The Morgan fingerprint density at radius 3 is 2.55 bits per heavy atom. The summed E-state index contributed by atoms with van der Waals surface area (Å²) in [5, 5.41) is 4.10. The Labute approximate surface area is 121 Å². The van der Waals surface area contributed by atoms with Gasteiger partial charge < -0.3 is 10.3 Å². The standard InChI is InChI=1S/C16H14N2OS/c17-14-8-4-5-9-16(14)20-11-13-10-15(19-18-13)12-6-2-1-3-7-12/h1-10H,11,17H2. The van der Waals surface area contributed by atoms with Crippen LogP contribution in [0.2, 0.25) is 0 Å². The number of anilines is 1. The van der Waals surface area contributed by atoms with Crippen molar-refractivity contribution in [2.24, 2.45) is 0 Å². The third-order valence-corrected chi connectivity index (χ3v) is 4.03. The zero-order valence-electron chi connectivity index (χ0n) is 10.8. The molecule has 1 heterocycles. The third-order valence-electron chi connectivity index (χ3n) is 2.91. The molecular formula is C16H14N2OS. The van der Waals surface area contributed by atoms with Gasteiger partial charge in [-0.05, 0) is 12.1 Å². The third kappa shape index (κ3) is 2.86. The highest BCUT2D eigenvalue weighted by atomic mass is 32.2. The van der Waals surface area contributed by atoms with E-state index < -0.39 is 0 Å². The fourth-order valence-electron chi connectivity index (χ4n) is 1.88. The maximum Gasteiger partial charge on any atom is 0.167 e. The summed E-state index contributed by atoms with van der Waals surface area (Å²) in [4.78, 5) is 1.07. The zero-order chi connectivity index (χ0) is 13.8. The number of para-hydroxylation sites is 1. The predicted molar refractivity (Wildman–Crippen MR) is 82.4 cm³/mol. The summed E-state index contributed by atoms with van der Waals surface area (Å²) < 4.78 is 5.37. The molecule has 0 unspecified atom stereocenters. The van der Waals surface area contributed by atoms with Crippen molar-refractivity contribution < 1.29 is 4.52 Å². The Morgan fingerprint density at radius 1 is 1.00 bits per heavy atom. The van der Waals surface area contributed by atoms with Crippen molar-refractivity contribution in [3.8, 4) is 11.3 Å². The van der Waals surface area contributed by atoms with E-state index in [1.165, 1.54) is 0 Å². The minimum Gasteiger partial charge on any atom is -0.398 e. The molecule has 0 aliphatic carbocycles. The molecule has 0 aliphatic rings. The fraction of sp³-hybridized carbons (Fsp3) is 0.0625. The largest absolute Gasteiger partial charge is 0.398 e. The van der Waals surface area contributed by atoms with Crippen LogP contribution in [0.1, 0.15) is 5.69 Å². The highest BCUT2D eigenvalue weighted by Crippen LogP contribution is 2.29. The molecule has 2 aromatic carbocycles. The number of aromatic nitrogens is 1. The van der Waals surface area contributed by atoms with E-state index in [0.29, 0.717) is 0 Å². The second-order valence-electron chi connectivity index (χ2n) is 4.38. The Hall–Kier alpha value is -2.20. The first kappa shape index (κ1) is 12.8. The smallest absolute Gasteiger partial charge is 0.167 e. The summed E-state index contributed by atoms with van der Waals surface area (Å²) >= 11 is 1.66. The summed E-state index contributed by atoms with van der Waals surface area (Å²) in [7, 11) is 0. The number of rotatable bonds is 4. The highest BCUT2D eigenvalue weighted by Gasteiger charge is 2.07. The van der Waals surface area contributed by atoms with Crippen molar-refractivity contribution in [3.05, 3.63) is 66.4 Å². The Balaban J connectivity index is 1.71. The molecule has 0 bridgehead atoms. The van der Waals surface area contributed by atoms with E-state index in [0.717, 1.165) is 33.4 Å². The SMILES string of the molecule is Nc1ccccc1SCc1cc(-c2ccccc2)on1. The monoisotopic (exact) mass is 282 g/mol. The van der Waals surface area contributed by atoms with Crippen molar-refractivity contribution in [3.63, 3.8) is 0 Å². The van der Waals surface area contributed by atoms with Crippen molar-refractivity contribution >= 4 is 17.4 Å². The van der Waals surface area contributed by atoms with Crippen LogP contribution in [0.15, 0.2) is 70.1 Å². The van der Waals surface area contributed by atoms with E-state index in [-0.39, 0.29) is 0 Å². The van der Waals surface area contributed by atoms with Gasteiger partial charge in [-0.1, -0.05) is 47.6 Å². The molecule has 0 radical (unpaired) electrons.